The monoisotopic (exact) mass is 318 g/mol. The number of halogens is 1. The molecule has 3 heteroatoms. The van der Waals surface area contributed by atoms with Gasteiger partial charge in [-0.25, -0.2) is 0 Å². The van der Waals surface area contributed by atoms with E-state index < -0.39 is 0 Å². The molecule has 0 amide bonds. The van der Waals surface area contributed by atoms with E-state index in [2.05, 4.69) is 71.3 Å². The van der Waals surface area contributed by atoms with Crippen molar-refractivity contribution in [3.8, 4) is 0 Å². The minimum Gasteiger partial charge on any atom is -0.306 e. The zero-order valence-corrected chi connectivity index (χ0v) is 13.2. The van der Waals surface area contributed by atoms with E-state index in [9.17, 15) is 0 Å². The molecule has 1 unspecified atom stereocenters. The van der Waals surface area contributed by atoms with E-state index in [1.165, 1.54) is 22.3 Å². The lowest BCUT2D eigenvalue weighted by Gasteiger charge is -2.21. The Hall–Kier alpha value is -1.19. The highest BCUT2D eigenvalue weighted by molar-refractivity contribution is 9.10. The molecule has 2 rings (SSSR count). The summed E-state index contributed by atoms with van der Waals surface area (Å²) in [4.78, 5) is 4.31. The van der Waals surface area contributed by atoms with Crippen LogP contribution in [0.5, 0.6) is 0 Å². The maximum atomic E-state index is 4.31. The highest BCUT2D eigenvalue weighted by atomic mass is 79.9. The summed E-state index contributed by atoms with van der Waals surface area (Å²) in [5, 5.41) is 3.54. The molecule has 1 aromatic carbocycles. The first-order valence-corrected chi connectivity index (χ1v) is 7.32. The first-order valence-electron chi connectivity index (χ1n) is 6.52. The lowest BCUT2D eigenvalue weighted by molar-refractivity contribution is 0.625. The van der Waals surface area contributed by atoms with Gasteiger partial charge in [-0.2, -0.15) is 0 Å². The van der Waals surface area contributed by atoms with E-state index in [1.807, 2.05) is 12.4 Å². The van der Waals surface area contributed by atoms with E-state index in [1.54, 1.807) is 0 Å². The first kappa shape index (κ1) is 14.2. The molecule has 19 heavy (non-hydrogen) atoms. The number of benzene rings is 1. The Morgan fingerprint density at radius 3 is 2.63 bits per heavy atom. The van der Waals surface area contributed by atoms with Crippen molar-refractivity contribution in [3.63, 3.8) is 0 Å². The molecule has 0 aliphatic carbocycles. The second-order valence-corrected chi connectivity index (χ2v) is 5.67. The van der Waals surface area contributed by atoms with Crippen molar-refractivity contribution in [2.75, 3.05) is 6.54 Å². The third kappa shape index (κ3) is 3.43. The van der Waals surface area contributed by atoms with Crippen LogP contribution in [0.25, 0.3) is 0 Å². The van der Waals surface area contributed by atoms with Crippen LogP contribution in [0, 0.1) is 13.8 Å². The minimum absolute atomic E-state index is 0.173. The molecule has 2 aromatic rings. The molecule has 0 spiro atoms. The van der Waals surface area contributed by atoms with Crippen LogP contribution in [0.4, 0.5) is 0 Å². The van der Waals surface area contributed by atoms with E-state index in [4.69, 9.17) is 0 Å². The highest BCUT2D eigenvalue weighted by Gasteiger charge is 2.16. The number of nitrogens with zero attached hydrogens (tertiary/aromatic N) is 1. The van der Waals surface area contributed by atoms with Crippen molar-refractivity contribution >= 4 is 15.9 Å². The van der Waals surface area contributed by atoms with Gasteiger partial charge in [-0.3, -0.25) is 4.98 Å². The molecule has 2 nitrogen and oxygen atoms in total. The molecule has 1 aromatic heterocycles. The van der Waals surface area contributed by atoms with Crippen LogP contribution >= 0.6 is 15.9 Å². The summed E-state index contributed by atoms with van der Waals surface area (Å²) in [5.41, 5.74) is 4.91. The van der Waals surface area contributed by atoms with Crippen LogP contribution in [0.2, 0.25) is 0 Å². The Balaban J connectivity index is 2.48. The molecule has 100 valence electrons. The van der Waals surface area contributed by atoms with E-state index in [-0.39, 0.29) is 6.04 Å². The first-order chi connectivity index (χ1) is 9.11. The summed E-state index contributed by atoms with van der Waals surface area (Å²) >= 11 is 3.66. The maximum absolute atomic E-state index is 4.31. The van der Waals surface area contributed by atoms with Gasteiger partial charge in [0.2, 0.25) is 0 Å². The van der Waals surface area contributed by atoms with E-state index >= 15 is 0 Å². The number of hydrogen-bond acceptors (Lipinski definition) is 2. The van der Waals surface area contributed by atoms with Gasteiger partial charge in [-0.1, -0.05) is 46.6 Å². The summed E-state index contributed by atoms with van der Waals surface area (Å²) < 4.78 is 1.13. The zero-order chi connectivity index (χ0) is 13.8. The molecular formula is C16H19BrN2. The molecule has 0 aliphatic rings. The molecule has 1 N–H and O–H groups in total. The van der Waals surface area contributed by atoms with Gasteiger partial charge < -0.3 is 5.32 Å². The zero-order valence-electron chi connectivity index (χ0n) is 11.6. The highest BCUT2D eigenvalue weighted by Crippen LogP contribution is 2.29. The van der Waals surface area contributed by atoms with Crippen LogP contribution in [0.1, 0.15) is 35.2 Å². The topological polar surface area (TPSA) is 24.9 Å². The average Bonchev–Trinajstić information content (AvgIpc) is 2.39. The van der Waals surface area contributed by atoms with Crippen LogP contribution in [0.15, 0.2) is 41.1 Å². The summed E-state index contributed by atoms with van der Waals surface area (Å²) in [5.74, 6) is 0. The number of pyridine rings is 1. The third-order valence-electron chi connectivity index (χ3n) is 3.10. The SMILES string of the molecule is CCNC(c1cncc(C)c1)c1cc(C)ccc1Br. The Bertz CT molecular complexity index is 566. The van der Waals surface area contributed by atoms with Gasteiger partial charge in [-0.15, -0.1) is 0 Å². The summed E-state index contributed by atoms with van der Waals surface area (Å²) in [6, 6.07) is 8.81. The second-order valence-electron chi connectivity index (χ2n) is 4.81. The summed E-state index contributed by atoms with van der Waals surface area (Å²) in [7, 11) is 0. The second kappa shape index (κ2) is 6.31. The largest absolute Gasteiger partial charge is 0.306 e. The Labute approximate surface area is 123 Å². The molecular weight excluding hydrogens is 300 g/mol. The fourth-order valence-corrected chi connectivity index (χ4v) is 2.71. The van der Waals surface area contributed by atoms with Crippen molar-refractivity contribution in [3.05, 3.63) is 63.4 Å². The molecule has 1 heterocycles. The number of nitrogens with one attached hydrogen (secondary N) is 1. The maximum Gasteiger partial charge on any atom is 0.0603 e. The van der Waals surface area contributed by atoms with Crippen molar-refractivity contribution < 1.29 is 0 Å². The van der Waals surface area contributed by atoms with Gasteiger partial charge in [0, 0.05) is 16.9 Å². The van der Waals surface area contributed by atoms with Gasteiger partial charge in [0.15, 0.2) is 0 Å². The van der Waals surface area contributed by atoms with Gasteiger partial charge in [-0.05, 0) is 43.1 Å². The van der Waals surface area contributed by atoms with Crippen LogP contribution in [0.3, 0.4) is 0 Å². The molecule has 0 saturated heterocycles. The smallest absolute Gasteiger partial charge is 0.0603 e. The molecule has 0 radical (unpaired) electrons. The normalized spacial score (nSPS) is 12.4. The standard InChI is InChI=1S/C16H19BrN2/c1-4-19-16(13-7-12(3)9-18-10-13)14-8-11(2)5-6-15(14)17/h5-10,16,19H,4H2,1-3H3. The number of hydrogen-bond donors (Lipinski definition) is 1. The van der Waals surface area contributed by atoms with Crippen molar-refractivity contribution in [1.29, 1.82) is 0 Å². The van der Waals surface area contributed by atoms with Crippen LogP contribution < -0.4 is 5.32 Å². The quantitative estimate of drug-likeness (QED) is 0.915. The minimum atomic E-state index is 0.173. The lowest BCUT2D eigenvalue weighted by Crippen LogP contribution is -2.22. The van der Waals surface area contributed by atoms with Crippen molar-refractivity contribution in [1.82, 2.24) is 10.3 Å². The number of aromatic nitrogens is 1. The summed E-state index contributed by atoms with van der Waals surface area (Å²) in [6.45, 7) is 7.23. The molecule has 0 fully saturated rings. The molecule has 0 bridgehead atoms. The predicted molar refractivity (Wildman–Crippen MR) is 83.4 cm³/mol. The van der Waals surface area contributed by atoms with Crippen molar-refractivity contribution in [2.45, 2.75) is 26.8 Å². The Morgan fingerprint density at radius 1 is 1.16 bits per heavy atom. The predicted octanol–water partition coefficient (Wildman–Crippen LogP) is 4.16. The van der Waals surface area contributed by atoms with Crippen molar-refractivity contribution in [2.24, 2.45) is 0 Å². The van der Waals surface area contributed by atoms with E-state index in [0.717, 1.165) is 11.0 Å². The van der Waals surface area contributed by atoms with Gasteiger partial charge in [0.05, 0.1) is 6.04 Å². The number of rotatable bonds is 4. The lowest BCUT2D eigenvalue weighted by atomic mass is 9.98. The number of aryl methyl sites for hydroxylation is 2. The van der Waals surface area contributed by atoms with Gasteiger partial charge in [0.25, 0.3) is 0 Å². The Morgan fingerprint density at radius 2 is 1.95 bits per heavy atom. The molecule has 0 saturated carbocycles. The van der Waals surface area contributed by atoms with Gasteiger partial charge >= 0.3 is 0 Å². The Kier molecular flexibility index (Phi) is 4.72. The summed E-state index contributed by atoms with van der Waals surface area (Å²) in [6.07, 6.45) is 3.83. The molecule has 1 atom stereocenters. The van der Waals surface area contributed by atoms with Crippen LogP contribution in [-0.2, 0) is 0 Å². The molecule has 0 aliphatic heterocycles. The third-order valence-corrected chi connectivity index (χ3v) is 3.82. The van der Waals surface area contributed by atoms with Gasteiger partial charge in [0.1, 0.15) is 0 Å². The fraction of sp³-hybridized carbons (Fsp3) is 0.312. The van der Waals surface area contributed by atoms with Crippen LogP contribution in [-0.4, -0.2) is 11.5 Å². The average molecular weight is 319 g/mol. The fourth-order valence-electron chi connectivity index (χ4n) is 2.23. The van der Waals surface area contributed by atoms with E-state index in [0.29, 0.717) is 0 Å².